The molecule has 9 heteroatoms. The predicted molar refractivity (Wildman–Crippen MR) is 99.8 cm³/mol. The van der Waals surface area contributed by atoms with Crippen molar-refractivity contribution in [2.24, 2.45) is 5.92 Å². The Morgan fingerprint density at radius 3 is 2.67 bits per heavy atom. The van der Waals surface area contributed by atoms with Crippen LogP contribution in [-0.4, -0.2) is 33.0 Å². The Bertz CT molecular complexity index is 917. The number of benzene rings is 1. The molecule has 1 amide bonds. The number of methoxy groups -OCH3 is 1. The molecule has 146 valence electrons. The summed E-state index contributed by atoms with van der Waals surface area (Å²) in [4.78, 5) is 15.9. The minimum Gasteiger partial charge on any atom is -0.495 e. The fourth-order valence-corrected chi connectivity index (χ4v) is 3.50. The summed E-state index contributed by atoms with van der Waals surface area (Å²) >= 11 is 0. The van der Waals surface area contributed by atoms with Gasteiger partial charge in [0.25, 0.3) is 15.9 Å². The Kier molecular flexibility index (Phi) is 6.73. The number of hydrogen-bond acceptors (Lipinski definition) is 5. The van der Waals surface area contributed by atoms with Crippen LogP contribution in [0.1, 0.15) is 30.6 Å². The van der Waals surface area contributed by atoms with Gasteiger partial charge in [0.05, 0.1) is 30.8 Å². The topological polar surface area (TPSA) is 97.4 Å². The number of halogens is 1. The third-order valence-corrected chi connectivity index (χ3v) is 5.12. The highest BCUT2D eigenvalue weighted by atomic mass is 32.2. The van der Waals surface area contributed by atoms with Gasteiger partial charge in [-0.25, -0.2) is 12.8 Å². The predicted octanol–water partition coefficient (Wildman–Crippen LogP) is 2.81. The molecule has 1 aromatic heterocycles. The molecular formula is C18H22FN3O4S. The van der Waals surface area contributed by atoms with Gasteiger partial charge in [-0.3, -0.25) is 14.5 Å². The van der Waals surface area contributed by atoms with Gasteiger partial charge in [-0.1, -0.05) is 13.8 Å². The first-order chi connectivity index (χ1) is 12.7. The van der Waals surface area contributed by atoms with Crippen molar-refractivity contribution in [2.45, 2.75) is 25.2 Å². The summed E-state index contributed by atoms with van der Waals surface area (Å²) in [7, 11) is -2.72. The van der Waals surface area contributed by atoms with Crippen molar-refractivity contribution in [2.75, 3.05) is 18.4 Å². The van der Waals surface area contributed by atoms with E-state index in [4.69, 9.17) is 4.74 Å². The lowest BCUT2D eigenvalue weighted by molar-refractivity contribution is 0.0948. The minimum atomic E-state index is -4.15. The maximum atomic E-state index is 13.6. The second-order valence-corrected chi connectivity index (χ2v) is 7.95. The van der Waals surface area contributed by atoms with Crippen molar-refractivity contribution in [1.29, 1.82) is 0 Å². The van der Waals surface area contributed by atoms with Gasteiger partial charge in [-0.05, 0) is 30.5 Å². The number of carbonyl (C=O) groups excluding carboxylic acids is 1. The molecule has 0 aliphatic carbocycles. The van der Waals surface area contributed by atoms with Crippen molar-refractivity contribution in [3.8, 4) is 5.75 Å². The number of sulfonamides is 1. The monoisotopic (exact) mass is 395 g/mol. The molecule has 1 aromatic carbocycles. The van der Waals surface area contributed by atoms with Crippen LogP contribution >= 0.6 is 0 Å². The van der Waals surface area contributed by atoms with Crippen LogP contribution in [0.5, 0.6) is 5.75 Å². The number of pyridine rings is 1. The van der Waals surface area contributed by atoms with Crippen molar-refractivity contribution >= 4 is 21.6 Å². The molecule has 0 saturated carbocycles. The zero-order chi connectivity index (χ0) is 20.0. The first-order valence-electron chi connectivity index (χ1n) is 8.32. The lowest BCUT2D eigenvalue weighted by Crippen LogP contribution is -2.28. The van der Waals surface area contributed by atoms with Crippen LogP contribution in [0.2, 0.25) is 0 Å². The SMILES string of the molecule is COc1cncc(NS(=O)(=O)c2ccc(F)cc2C(=O)NCCC(C)C)c1. The molecule has 2 aromatic rings. The van der Waals surface area contributed by atoms with Gasteiger partial charge in [-0.15, -0.1) is 0 Å². The first-order valence-corrected chi connectivity index (χ1v) is 9.81. The number of hydrogen-bond donors (Lipinski definition) is 2. The molecule has 0 bridgehead atoms. The number of carbonyl (C=O) groups is 1. The minimum absolute atomic E-state index is 0.157. The molecule has 27 heavy (non-hydrogen) atoms. The molecule has 0 atom stereocenters. The van der Waals surface area contributed by atoms with Crippen molar-refractivity contribution in [1.82, 2.24) is 10.3 Å². The normalized spacial score (nSPS) is 11.3. The van der Waals surface area contributed by atoms with E-state index in [1.165, 1.54) is 25.6 Å². The summed E-state index contributed by atoms with van der Waals surface area (Å²) in [5, 5.41) is 2.62. The Morgan fingerprint density at radius 2 is 2.00 bits per heavy atom. The average molecular weight is 395 g/mol. The summed E-state index contributed by atoms with van der Waals surface area (Å²) in [6, 6.07) is 4.39. The second-order valence-electron chi connectivity index (χ2n) is 6.30. The van der Waals surface area contributed by atoms with Gasteiger partial charge < -0.3 is 10.1 Å². The van der Waals surface area contributed by atoms with E-state index in [9.17, 15) is 17.6 Å². The van der Waals surface area contributed by atoms with Crippen molar-refractivity contribution < 1.29 is 22.3 Å². The first kappa shape index (κ1) is 20.6. The van der Waals surface area contributed by atoms with Crippen LogP contribution in [0.3, 0.4) is 0 Å². The van der Waals surface area contributed by atoms with E-state index in [-0.39, 0.29) is 16.1 Å². The number of aromatic nitrogens is 1. The lowest BCUT2D eigenvalue weighted by atomic mass is 10.1. The van der Waals surface area contributed by atoms with Gasteiger partial charge >= 0.3 is 0 Å². The van der Waals surface area contributed by atoms with Crippen LogP contribution < -0.4 is 14.8 Å². The van der Waals surface area contributed by atoms with E-state index < -0.39 is 21.7 Å². The molecule has 0 unspecified atom stereocenters. The van der Waals surface area contributed by atoms with Gasteiger partial charge in [-0.2, -0.15) is 0 Å². The number of nitrogens with one attached hydrogen (secondary N) is 2. The summed E-state index contributed by atoms with van der Waals surface area (Å²) in [6.45, 7) is 4.35. The number of anilines is 1. The van der Waals surface area contributed by atoms with E-state index in [1.807, 2.05) is 13.8 Å². The molecule has 0 saturated heterocycles. The van der Waals surface area contributed by atoms with Crippen molar-refractivity contribution in [3.05, 3.63) is 48.0 Å². The number of nitrogens with zero attached hydrogens (tertiary/aromatic N) is 1. The Balaban J connectivity index is 2.31. The quantitative estimate of drug-likeness (QED) is 0.716. The van der Waals surface area contributed by atoms with Crippen LogP contribution in [0.25, 0.3) is 0 Å². The number of amides is 1. The van der Waals surface area contributed by atoms with Gasteiger partial charge in [0.2, 0.25) is 0 Å². The van der Waals surface area contributed by atoms with Gasteiger partial charge in [0.1, 0.15) is 16.5 Å². The van der Waals surface area contributed by atoms with E-state index >= 15 is 0 Å². The smallest absolute Gasteiger partial charge is 0.262 e. The maximum Gasteiger partial charge on any atom is 0.262 e. The third kappa shape index (κ3) is 5.65. The molecule has 0 aliphatic heterocycles. The van der Waals surface area contributed by atoms with Gasteiger partial charge in [0, 0.05) is 12.6 Å². The van der Waals surface area contributed by atoms with Gasteiger partial charge in [0.15, 0.2) is 0 Å². The second kappa shape index (κ2) is 8.81. The summed E-state index contributed by atoms with van der Waals surface area (Å²) in [5.74, 6) is -0.630. The highest BCUT2D eigenvalue weighted by Gasteiger charge is 2.23. The highest BCUT2D eigenvalue weighted by molar-refractivity contribution is 7.92. The Labute approximate surface area is 158 Å². The third-order valence-electron chi connectivity index (χ3n) is 3.68. The van der Waals surface area contributed by atoms with E-state index in [0.29, 0.717) is 18.2 Å². The van der Waals surface area contributed by atoms with E-state index in [2.05, 4.69) is 15.0 Å². The zero-order valence-electron chi connectivity index (χ0n) is 15.3. The molecule has 1 heterocycles. The molecule has 0 aliphatic rings. The molecular weight excluding hydrogens is 373 g/mol. The fraction of sp³-hybridized carbons (Fsp3) is 0.333. The highest BCUT2D eigenvalue weighted by Crippen LogP contribution is 2.22. The summed E-state index contributed by atoms with van der Waals surface area (Å²) in [5.41, 5.74) is -0.105. The molecule has 2 rings (SSSR count). The standard InChI is InChI=1S/C18H22FN3O4S/c1-12(2)6-7-21-18(23)16-8-13(19)4-5-17(16)27(24,25)22-14-9-15(26-3)11-20-10-14/h4-5,8-12,22H,6-7H2,1-3H3,(H,21,23). The number of ether oxygens (including phenoxy) is 1. The molecule has 0 fully saturated rings. The lowest BCUT2D eigenvalue weighted by Gasteiger charge is -2.13. The average Bonchev–Trinajstić information content (AvgIpc) is 2.60. The van der Waals surface area contributed by atoms with Crippen LogP contribution in [-0.2, 0) is 10.0 Å². The maximum absolute atomic E-state index is 13.6. The fourth-order valence-electron chi connectivity index (χ4n) is 2.28. The summed E-state index contributed by atoms with van der Waals surface area (Å²) < 4.78 is 46.5. The molecule has 7 nitrogen and oxygen atoms in total. The summed E-state index contributed by atoms with van der Waals surface area (Å²) in [6.07, 6.45) is 3.44. The Hall–Kier alpha value is -2.68. The van der Waals surface area contributed by atoms with E-state index in [0.717, 1.165) is 24.6 Å². The zero-order valence-corrected chi connectivity index (χ0v) is 16.1. The molecule has 0 radical (unpaired) electrons. The van der Waals surface area contributed by atoms with Crippen molar-refractivity contribution in [3.63, 3.8) is 0 Å². The van der Waals surface area contributed by atoms with Crippen LogP contribution in [0, 0.1) is 11.7 Å². The van der Waals surface area contributed by atoms with Crippen LogP contribution in [0.15, 0.2) is 41.6 Å². The molecule has 0 spiro atoms. The van der Waals surface area contributed by atoms with E-state index in [1.54, 1.807) is 0 Å². The van der Waals surface area contributed by atoms with Crippen LogP contribution in [0.4, 0.5) is 10.1 Å². The number of rotatable bonds is 8. The molecule has 2 N–H and O–H groups in total. The Morgan fingerprint density at radius 1 is 1.26 bits per heavy atom. The largest absolute Gasteiger partial charge is 0.495 e.